The largest absolute Gasteiger partial charge is 0.331 e. The Morgan fingerprint density at radius 3 is 2.73 bits per heavy atom. The maximum absolute atomic E-state index is 12.7. The van der Waals surface area contributed by atoms with Crippen molar-refractivity contribution in [1.29, 1.82) is 0 Å². The van der Waals surface area contributed by atoms with Gasteiger partial charge in [-0.2, -0.15) is 0 Å². The molecule has 136 valence electrons. The number of amides is 3. The van der Waals surface area contributed by atoms with E-state index in [1.165, 1.54) is 11.1 Å². The van der Waals surface area contributed by atoms with Crippen molar-refractivity contribution in [1.82, 2.24) is 14.8 Å². The summed E-state index contributed by atoms with van der Waals surface area (Å²) in [6.07, 6.45) is 3.83. The number of carbonyl (C=O) groups excluding carboxylic acids is 2. The minimum Gasteiger partial charge on any atom is -0.331 e. The maximum Gasteiger partial charge on any atom is 0.319 e. The predicted octanol–water partition coefficient (Wildman–Crippen LogP) is 3.68. The zero-order valence-electron chi connectivity index (χ0n) is 14.4. The minimum atomic E-state index is -0.300. The van der Waals surface area contributed by atoms with Gasteiger partial charge in [0.15, 0.2) is 0 Å². The summed E-state index contributed by atoms with van der Waals surface area (Å²) in [5, 5.41) is 3.67. The zero-order valence-corrected chi connectivity index (χ0v) is 15.9. The van der Waals surface area contributed by atoms with Crippen LogP contribution in [0.25, 0.3) is 0 Å². The van der Waals surface area contributed by atoms with Crippen LogP contribution in [0.4, 0.5) is 10.5 Å². The van der Waals surface area contributed by atoms with E-state index in [9.17, 15) is 9.59 Å². The number of anilines is 1. The highest BCUT2D eigenvalue weighted by molar-refractivity contribution is 6.35. The topological polar surface area (TPSA) is 65.5 Å². The first-order valence-electron chi connectivity index (χ1n) is 8.05. The number of hydrogen-bond acceptors (Lipinski definition) is 3. The van der Waals surface area contributed by atoms with Gasteiger partial charge in [0.1, 0.15) is 0 Å². The van der Waals surface area contributed by atoms with Gasteiger partial charge in [0.05, 0.1) is 16.3 Å². The van der Waals surface area contributed by atoms with Gasteiger partial charge < -0.3 is 15.1 Å². The van der Waals surface area contributed by atoms with Crippen LogP contribution in [-0.4, -0.2) is 47.4 Å². The number of carbonyl (C=O) groups is 2. The molecule has 6 nitrogen and oxygen atoms in total. The number of aromatic nitrogens is 1. The third-order valence-corrected chi connectivity index (χ3v) is 4.78. The van der Waals surface area contributed by atoms with Crippen LogP contribution < -0.4 is 5.32 Å². The monoisotopic (exact) mass is 392 g/mol. The molecule has 0 bridgehead atoms. The van der Waals surface area contributed by atoms with Gasteiger partial charge in [-0.3, -0.25) is 9.78 Å². The molecular formula is C18H18Cl2N4O2. The summed E-state index contributed by atoms with van der Waals surface area (Å²) in [6.45, 7) is 0.977. The summed E-state index contributed by atoms with van der Waals surface area (Å²) in [5.41, 5.74) is 2.70. The standard InChI is InChI=1S/C18H18Cl2N4O2/c1-23(2)18(26)24-6-5-13-11(10-24)8-21-9-14(13)17(25)22-16-7-12(19)3-4-15(16)20/h3-4,7-9H,5-6,10H2,1-2H3,(H,22,25). The van der Waals surface area contributed by atoms with E-state index in [0.29, 0.717) is 40.8 Å². The van der Waals surface area contributed by atoms with Crippen LogP contribution in [0.2, 0.25) is 10.0 Å². The molecule has 2 heterocycles. The van der Waals surface area contributed by atoms with Crippen molar-refractivity contribution in [2.75, 3.05) is 26.0 Å². The number of benzene rings is 1. The molecule has 1 aliphatic heterocycles. The summed E-state index contributed by atoms with van der Waals surface area (Å²) in [5.74, 6) is -0.300. The Kier molecular flexibility index (Phi) is 5.34. The molecule has 3 amide bonds. The van der Waals surface area contributed by atoms with Gasteiger partial charge >= 0.3 is 6.03 Å². The van der Waals surface area contributed by atoms with Crippen LogP contribution in [0.15, 0.2) is 30.6 Å². The second kappa shape index (κ2) is 7.51. The highest BCUT2D eigenvalue weighted by Crippen LogP contribution is 2.27. The van der Waals surface area contributed by atoms with E-state index < -0.39 is 0 Å². The summed E-state index contributed by atoms with van der Waals surface area (Å²) in [6, 6.07) is 4.82. The number of urea groups is 1. The Balaban J connectivity index is 1.84. The van der Waals surface area contributed by atoms with E-state index in [2.05, 4.69) is 10.3 Å². The molecule has 3 rings (SSSR count). The first-order chi connectivity index (χ1) is 12.4. The summed E-state index contributed by atoms with van der Waals surface area (Å²) in [7, 11) is 3.43. The highest BCUT2D eigenvalue weighted by atomic mass is 35.5. The first kappa shape index (κ1) is 18.5. The van der Waals surface area contributed by atoms with Gasteiger partial charge in [-0.05, 0) is 35.7 Å². The van der Waals surface area contributed by atoms with Crippen LogP contribution in [-0.2, 0) is 13.0 Å². The number of halogens is 2. The molecule has 1 N–H and O–H groups in total. The molecule has 1 aliphatic rings. The van der Waals surface area contributed by atoms with Crippen LogP contribution >= 0.6 is 23.2 Å². The fraction of sp³-hybridized carbons (Fsp3) is 0.278. The predicted molar refractivity (Wildman–Crippen MR) is 102 cm³/mol. The molecule has 0 spiro atoms. The quantitative estimate of drug-likeness (QED) is 0.847. The third kappa shape index (κ3) is 3.76. The number of nitrogens with one attached hydrogen (secondary N) is 1. The van der Waals surface area contributed by atoms with Crippen LogP contribution in [0.3, 0.4) is 0 Å². The third-order valence-electron chi connectivity index (χ3n) is 4.21. The Hall–Kier alpha value is -2.31. The van der Waals surface area contributed by atoms with Crippen molar-refractivity contribution in [2.24, 2.45) is 0 Å². The maximum atomic E-state index is 12.7. The van der Waals surface area contributed by atoms with E-state index in [4.69, 9.17) is 23.2 Å². The van der Waals surface area contributed by atoms with Crippen LogP contribution in [0.5, 0.6) is 0 Å². The molecule has 0 atom stereocenters. The molecule has 0 unspecified atom stereocenters. The van der Waals surface area contributed by atoms with Gasteiger partial charge in [-0.15, -0.1) is 0 Å². The Morgan fingerprint density at radius 1 is 1.23 bits per heavy atom. The Labute approximate surface area is 161 Å². The number of fused-ring (bicyclic) bond motifs is 1. The fourth-order valence-corrected chi connectivity index (χ4v) is 3.26. The number of rotatable bonds is 2. The smallest absolute Gasteiger partial charge is 0.319 e. The molecule has 0 aliphatic carbocycles. The highest BCUT2D eigenvalue weighted by Gasteiger charge is 2.25. The van der Waals surface area contributed by atoms with E-state index in [-0.39, 0.29) is 11.9 Å². The molecule has 8 heteroatoms. The summed E-state index contributed by atoms with van der Waals surface area (Å²) >= 11 is 12.1. The van der Waals surface area contributed by atoms with E-state index >= 15 is 0 Å². The summed E-state index contributed by atoms with van der Waals surface area (Å²) in [4.78, 5) is 32.3. The molecular weight excluding hydrogens is 375 g/mol. The average Bonchev–Trinajstić information content (AvgIpc) is 2.62. The van der Waals surface area contributed by atoms with Crippen molar-refractivity contribution in [3.8, 4) is 0 Å². The zero-order chi connectivity index (χ0) is 18.8. The molecule has 0 fully saturated rings. The molecule has 0 saturated heterocycles. The van der Waals surface area contributed by atoms with Gasteiger partial charge in [-0.1, -0.05) is 23.2 Å². The number of pyridine rings is 1. The van der Waals surface area contributed by atoms with Crippen molar-refractivity contribution < 1.29 is 9.59 Å². The molecule has 0 saturated carbocycles. The second-order valence-corrected chi connectivity index (χ2v) is 7.10. The second-order valence-electron chi connectivity index (χ2n) is 6.25. The molecule has 26 heavy (non-hydrogen) atoms. The van der Waals surface area contributed by atoms with Gasteiger partial charge in [0.25, 0.3) is 5.91 Å². The first-order valence-corrected chi connectivity index (χ1v) is 8.81. The van der Waals surface area contributed by atoms with Crippen molar-refractivity contribution in [2.45, 2.75) is 13.0 Å². The summed E-state index contributed by atoms with van der Waals surface area (Å²) < 4.78 is 0. The Bertz CT molecular complexity index is 870. The lowest BCUT2D eigenvalue weighted by Gasteiger charge is -2.31. The van der Waals surface area contributed by atoms with E-state index in [0.717, 1.165) is 11.1 Å². The molecule has 1 aromatic carbocycles. The van der Waals surface area contributed by atoms with Crippen LogP contribution in [0.1, 0.15) is 21.5 Å². The lowest BCUT2D eigenvalue weighted by atomic mass is 9.97. The van der Waals surface area contributed by atoms with Gasteiger partial charge in [0.2, 0.25) is 0 Å². The van der Waals surface area contributed by atoms with Crippen LogP contribution in [0, 0.1) is 0 Å². The SMILES string of the molecule is CN(C)C(=O)N1CCc2c(cncc2C(=O)Nc2cc(Cl)ccc2Cl)C1. The van der Waals surface area contributed by atoms with Gasteiger partial charge in [0, 0.05) is 44.6 Å². The van der Waals surface area contributed by atoms with Gasteiger partial charge in [-0.25, -0.2) is 4.79 Å². The minimum absolute atomic E-state index is 0.0591. The number of hydrogen-bond donors (Lipinski definition) is 1. The lowest BCUT2D eigenvalue weighted by Crippen LogP contribution is -2.42. The molecule has 0 radical (unpaired) electrons. The fourth-order valence-electron chi connectivity index (χ4n) is 2.92. The van der Waals surface area contributed by atoms with Crippen molar-refractivity contribution >= 4 is 40.8 Å². The Morgan fingerprint density at radius 2 is 2.00 bits per heavy atom. The average molecular weight is 393 g/mol. The molecule has 1 aromatic heterocycles. The van der Waals surface area contributed by atoms with Crippen molar-refractivity contribution in [3.63, 3.8) is 0 Å². The molecule has 2 aromatic rings. The van der Waals surface area contributed by atoms with E-state index in [1.807, 2.05) is 0 Å². The van der Waals surface area contributed by atoms with E-state index in [1.54, 1.807) is 43.4 Å². The van der Waals surface area contributed by atoms with Crippen molar-refractivity contribution in [3.05, 3.63) is 57.3 Å². The normalized spacial score (nSPS) is 13.2. The lowest BCUT2D eigenvalue weighted by molar-refractivity contribution is 0.102. The number of nitrogens with zero attached hydrogens (tertiary/aromatic N) is 3.